The molecule has 0 aromatic heterocycles. The summed E-state index contributed by atoms with van der Waals surface area (Å²) in [6.45, 7) is 5.41. The largest absolute Gasteiger partial charge is 0.490 e. The Morgan fingerprint density at radius 3 is 2.62 bits per heavy atom. The monoisotopic (exact) mass is 399 g/mol. The van der Waals surface area contributed by atoms with Crippen molar-refractivity contribution in [2.45, 2.75) is 39.0 Å². The summed E-state index contributed by atoms with van der Waals surface area (Å²) >= 11 is 0. The quantitative estimate of drug-likeness (QED) is 0.565. The standard InChI is InChI=1S/C23H30FN3O2/c1-3-25-23(26-16-18-9-10-22(24)19(15-18)17-28-2)27-13-11-21(12-14-27)29-20-7-5-4-6-8-20/h4-10,15,21H,3,11-14,16-17H2,1-2H3,(H,25,26). The molecule has 1 aliphatic rings. The van der Waals surface area contributed by atoms with Crippen molar-refractivity contribution >= 4 is 5.96 Å². The van der Waals surface area contributed by atoms with Gasteiger partial charge in [-0.2, -0.15) is 0 Å². The lowest BCUT2D eigenvalue weighted by Gasteiger charge is -2.34. The first-order valence-electron chi connectivity index (χ1n) is 10.2. The second-order valence-electron chi connectivity index (χ2n) is 7.15. The van der Waals surface area contributed by atoms with Crippen molar-refractivity contribution in [2.24, 2.45) is 4.99 Å². The van der Waals surface area contributed by atoms with Gasteiger partial charge < -0.3 is 19.7 Å². The Morgan fingerprint density at radius 2 is 1.93 bits per heavy atom. The Hall–Kier alpha value is -2.60. The number of likely N-dealkylation sites (tertiary alicyclic amines) is 1. The minimum absolute atomic E-state index is 0.227. The number of halogens is 1. The first-order chi connectivity index (χ1) is 14.2. The zero-order valence-electron chi connectivity index (χ0n) is 17.2. The average Bonchev–Trinajstić information content (AvgIpc) is 2.75. The first-order valence-corrected chi connectivity index (χ1v) is 10.2. The first kappa shape index (κ1) is 21.1. The topological polar surface area (TPSA) is 46.1 Å². The summed E-state index contributed by atoms with van der Waals surface area (Å²) in [6, 6.07) is 15.1. The summed E-state index contributed by atoms with van der Waals surface area (Å²) in [4.78, 5) is 7.05. The van der Waals surface area contributed by atoms with E-state index in [0.717, 1.165) is 49.7 Å². The molecular weight excluding hydrogens is 369 g/mol. The van der Waals surface area contributed by atoms with Crippen LogP contribution in [0.4, 0.5) is 4.39 Å². The molecule has 156 valence electrons. The lowest BCUT2D eigenvalue weighted by atomic mass is 10.1. The maximum atomic E-state index is 13.8. The van der Waals surface area contributed by atoms with Gasteiger partial charge in [0.05, 0.1) is 13.2 Å². The molecule has 29 heavy (non-hydrogen) atoms. The van der Waals surface area contributed by atoms with Crippen molar-refractivity contribution in [3.63, 3.8) is 0 Å². The highest BCUT2D eigenvalue weighted by Gasteiger charge is 2.22. The number of rotatable bonds is 7. The second kappa shape index (κ2) is 10.8. The van der Waals surface area contributed by atoms with Gasteiger partial charge in [-0.25, -0.2) is 9.38 Å². The maximum Gasteiger partial charge on any atom is 0.194 e. The minimum atomic E-state index is -0.244. The number of nitrogens with one attached hydrogen (secondary N) is 1. The number of hydrogen-bond acceptors (Lipinski definition) is 3. The lowest BCUT2D eigenvalue weighted by molar-refractivity contribution is 0.129. The SMILES string of the molecule is CCNC(=NCc1ccc(F)c(COC)c1)N1CCC(Oc2ccccc2)CC1. The normalized spacial score (nSPS) is 15.4. The van der Waals surface area contributed by atoms with Gasteiger partial charge in [0.15, 0.2) is 5.96 Å². The van der Waals surface area contributed by atoms with Crippen LogP contribution in [0.3, 0.4) is 0 Å². The van der Waals surface area contributed by atoms with Gasteiger partial charge in [0, 0.05) is 45.1 Å². The Kier molecular flexibility index (Phi) is 7.87. The van der Waals surface area contributed by atoms with E-state index in [4.69, 9.17) is 14.5 Å². The molecule has 1 fully saturated rings. The summed E-state index contributed by atoms with van der Waals surface area (Å²) in [5.74, 6) is 1.57. The summed E-state index contributed by atoms with van der Waals surface area (Å²) in [5.41, 5.74) is 1.53. The van der Waals surface area contributed by atoms with E-state index in [1.54, 1.807) is 13.2 Å². The van der Waals surface area contributed by atoms with Gasteiger partial charge in [-0.1, -0.05) is 24.3 Å². The van der Waals surface area contributed by atoms with E-state index in [1.807, 2.05) is 36.4 Å². The third-order valence-electron chi connectivity index (χ3n) is 4.94. The van der Waals surface area contributed by atoms with Crippen LogP contribution in [0.25, 0.3) is 0 Å². The predicted octanol–water partition coefficient (Wildman–Crippen LogP) is 3.98. The van der Waals surface area contributed by atoms with Gasteiger partial charge in [-0.3, -0.25) is 0 Å². The molecule has 0 amide bonds. The fraction of sp³-hybridized carbons (Fsp3) is 0.435. The van der Waals surface area contributed by atoms with Crippen LogP contribution in [0, 0.1) is 5.82 Å². The molecule has 2 aromatic carbocycles. The van der Waals surface area contributed by atoms with Gasteiger partial charge in [-0.05, 0) is 36.8 Å². The predicted molar refractivity (Wildman–Crippen MR) is 114 cm³/mol. The molecule has 0 aliphatic carbocycles. The van der Waals surface area contributed by atoms with Crippen molar-refractivity contribution in [3.8, 4) is 5.75 Å². The molecule has 2 aromatic rings. The van der Waals surface area contributed by atoms with E-state index < -0.39 is 0 Å². The number of para-hydroxylation sites is 1. The zero-order chi connectivity index (χ0) is 20.5. The van der Waals surface area contributed by atoms with Crippen LogP contribution in [0.5, 0.6) is 5.75 Å². The summed E-state index contributed by atoms with van der Waals surface area (Å²) in [5, 5.41) is 3.37. The van der Waals surface area contributed by atoms with E-state index in [1.165, 1.54) is 6.07 Å². The minimum Gasteiger partial charge on any atom is -0.490 e. The Labute approximate surface area is 172 Å². The van der Waals surface area contributed by atoms with E-state index in [0.29, 0.717) is 12.1 Å². The average molecular weight is 400 g/mol. The Morgan fingerprint density at radius 1 is 1.17 bits per heavy atom. The van der Waals surface area contributed by atoms with Crippen LogP contribution in [0.1, 0.15) is 30.9 Å². The van der Waals surface area contributed by atoms with Crippen molar-refractivity contribution in [1.82, 2.24) is 10.2 Å². The molecule has 1 heterocycles. The molecule has 0 atom stereocenters. The molecule has 1 aliphatic heterocycles. The molecule has 0 radical (unpaired) electrons. The Bertz CT molecular complexity index is 790. The molecule has 6 heteroatoms. The van der Waals surface area contributed by atoms with Crippen LogP contribution in [0.2, 0.25) is 0 Å². The fourth-order valence-corrected chi connectivity index (χ4v) is 3.46. The van der Waals surface area contributed by atoms with E-state index in [9.17, 15) is 4.39 Å². The highest BCUT2D eigenvalue weighted by atomic mass is 19.1. The number of methoxy groups -OCH3 is 1. The molecule has 0 unspecified atom stereocenters. The smallest absolute Gasteiger partial charge is 0.194 e. The number of piperidine rings is 1. The number of benzene rings is 2. The van der Waals surface area contributed by atoms with Crippen molar-refractivity contribution in [1.29, 1.82) is 0 Å². The molecule has 1 saturated heterocycles. The van der Waals surface area contributed by atoms with Crippen LogP contribution in [-0.2, 0) is 17.9 Å². The summed E-state index contributed by atoms with van der Waals surface area (Å²) < 4.78 is 25.0. The number of hydrogen-bond donors (Lipinski definition) is 1. The number of guanidine groups is 1. The van der Waals surface area contributed by atoms with Gasteiger partial charge in [-0.15, -0.1) is 0 Å². The molecule has 1 N–H and O–H groups in total. The van der Waals surface area contributed by atoms with Crippen LogP contribution in [0.15, 0.2) is 53.5 Å². The third kappa shape index (κ3) is 6.19. The third-order valence-corrected chi connectivity index (χ3v) is 4.94. The fourth-order valence-electron chi connectivity index (χ4n) is 3.46. The van der Waals surface area contributed by atoms with E-state index in [2.05, 4.69) is 17.1 Å². The highest BCUT2D eigenvalue weighted by Crippen LogP contribution is 2.19. The van der Waals surface area contributed by atoms with Gasteiger partial charge >= 0.3 is 0 Å². The Balaban J connectivity index is 1.59. The molecular formula is C23H30FN3O2. The number of nitrogens with zero attached hydrogens (tertiary/aromatic N) is 2. The maximum absolute atomic E-state index is 13.8. The van der Waals surface area contributed by atoms with E-state index in [-0.39, 0.29) is 18.5 Å². The van der Waals surface area contributed by atoms with Crippen molar-refractivity contribution in [3.05, 3.63) is 65.5 Å². The molecule has 0 bridgehead atoms. The summed E-state index contributed by atoms with van der Waals surface area (Å²) in [7, 11) is 1.57. The second-order valence-corrected chi connectivity index (χ2v) is 7.15. The van der Waals surface area contributed by atoms with Crippen LogP contribution < -0.4 is 10.1 Å². The van der Waals surface area contributed by atoms with Crippen LogP contribution in [-0.4, -0.2) is 43.7 Å². The van der Waals surface area contributed by atoms with Crippen molar-refractivity contribution in [2.75, 3.05) is 26.7 Å². The molecule has 0 saturated carbocycles. The number of ether oxygens (including phenoxy) is 2. The molecule has 5 nitrogen and oxygen atoms in total. The lowest BCUT2D eigenvalue weighted by Crippen LogP contribution is -2.47. The molecule has 0 spiro atoms. The highest BCUT2D eigenvalue weighted by molar-refractivity contribution is 5.80. The van der Waals surface area contributed by atoms with Crippen LogP contribution >= 0.6 is 0 Å². The van der Waals surface area contributed by atoms with E-state index >= 15 is 0 Å². The number of aliphatic imine (C=N–C) groups is 1. The zero-order valence-corrected chi connectivity index (χ0v) is 17.2. The van der Waals surface area contributed by atoms with Gasteiger partial charge in [0.1, 0.15) is 17.7 Å². The van der Waals surface area contributed by atoms with Crippen molar-refractivity contribution < 1.29 is 13.9 Å². The summed E-state index contributed by atoms with van der Waals surface area (Å²) in [6.07, 6.45) is 2.13. The molecule has 3 rings (SSSR count). The van der Waals surface area contributed by atoms with Gasteiger partial charge in [0.25, 0.3) is 0 Å². The van der Waals surface area contributed by atoms with Gasteiger partial charge in [0.2, 0.25) is 0 Å².